The van der Waals surface area contributed by atoms with Crippen LogP contribution in [0.1, 0.15) is 94.2 Å². The van der Waals surface area contributed by atoms with Crippen molar-refractivity contribution in [1.82, 2.24) is 0 Å². The van der Waals surface area contributed by atoms with Gasteiger partial charge in [-0.15, -0.1) is 6.58 Å². The van der Waals surface area contributed by atoms with Crippen molar-refractivity contribution in [1.29, 1.82) is 0 Å². The molecule has 0 spiro atoms. The highest BCUT2D eigenvalue weighted by molar-refractivity contribution is 5.36. The summed E-state index contributed by atoms with van der Waals surface area (Å²) in [5, 5.41) is 0. The highest BCUT2D eigenvalue weighted by Gasteiger charge is 2.38. The van der Waals surface area contributed by atoms with Crippen LogP contribution in [0.5, 0.6) is 0 Å². The van der Waals surface area contributed by atoms with Crippen molar-refractivity contribution in [2.24, 2.45) is 29.6 Å². The minimum absolute atomic E-state index is 0.0944. The minimum atomic E-state index is 0.0944. The molecule has 4 rings (SSSR count). The predicted octanol–water partition coefficient (Wildman–Crippen LogP) is 8.07. The second-order valence-corrected chi connectivity index (χ2v) is 10.4. The molecule has 2 fully saturated rings. The van der Waals surface area contributed by atoms with Crippen LogP contribution in [0.25, 0.3) is 0 Å². The number of hydrogen-bond donors (Lipinski definition) is 0. The number of hydrogen-bond acceptors (Lipinski definition) is 0. The van der Waals surface area contributed by atoms with E-state index in [2.05, 4.69) is 25.6 Å². The molecular weight excluding hydrogens is 355 g/mol. The van der Waals surface area contributed by atoms with Gasteiger partial charge in [0.1, 0.15) is 5.82 Å². The Morgan fingerprint density at radius 1 is 1.00 bits per heavy atom. The van der Waals surface area contributed by atoms with Crippen molar-refractivity contribution in [2.45, 2.75) is 96.8 Å². The van der Waals surface area contributed by atoms with Gasteiger partial charge in [-0.1, -0.05) is 50.8 Å². The number of benzene rings is 1. The van der Waals surface area contributed by atoms with E-state index in [0.29, 0.717) is 0 Å². The molecule has 5 unspecified atom stereocenters. The standard InChI is InChI=1S/C28H41F/c1-3-5-7-20-9-10-23-18-24(13-12-22(23)17-20)25-15-16-27-26(19-25)14-11-21(28(27)29)8-6-4-2/h4,11,14,20,22-25H,2-3,5-10,12-13,15-19H2,1H3. The zero-order chi connectivity index (χ0) is 20.2. The van der Waals surface area contributed by atoms with Crippen LogP contribution in [0.2, 0.25) is 0 Å². The van der Waals surface area contributed by atoms with E-state index in [-0.39, 0.29) is 5.82 Å². The lowest BCUT2D eigenvalue weighted by Crippen LogP contribution is -2.35. The highest BCUT2D eigenvalue weighted by Crippen LogP contribution is 2.49. The van der Waals surface area contributed by atoms with Crippen molar-refractivity contribution in [2.75, 3.05) is 0 Å². The van der Waals surface area contributed by atoms with Crippen molar-refractivity contribution in [3.05, 3.63) is 47.3 Å². The Bertz CT molecular complexity index is 690. The molecule has 5 atom stereocenters. The number of unbranched alkanes of at least 4 members (excludes halogenated alkanes) is 1. The summed E-state index contributed by atoms with van der Waals surface area (Å²) in [5.41, 5.74) is 3.24. The van der Waals surface area contributed by atoms with Gasteiger partial charge in [0.05, 0.1) is 0 Å². The van der Waals surface area contributed by atoms with Crippen LogP contribution in [-0.4, -0.2) is 0 Å². The van der Waals surface area contributed by atoms with E-state index in [1.807, 2.05) is 6.08 Å². The fraction of sp³-hybridized carbons (Fsp3) is 0.714. The lowest BCUT2D eigenvalue weighted by Gasteiger charge is -2.45. The average Bonchev–Trinajstić information content (AvgIpc) is 2.76. The summed E-state index contributed by atoms with van der Waals surface area (Å²) in [7, 11) is 0. The second kappa shape index (κ2) is 9.80. The maximum absolute atomic E-state index is 15.0. The summed E-state index contributed by atoms with van der Waals surface area (Å²) in [6, 6.07) is 4.29. The van der Waals surface area contributed by atoms with E-state index in [1.165, 1.54) is 69.8 Å². The first-order valence-corrected chi connectivity index (χ1v) is 12.6. The molecule has 160 valence electrons. The lowest BCUT2D eigenvalue weighted by molar-refractivity contribution is 0.0690. The van der Waals surface area contributed by atoms with Gasteiger partial charge in [-0.05, 0) is 110 Å². The molecule has 1 aromatic rings. The molecule has 3 aliphatic rings. The number of fused-ring (bicyclic) bond motifs is 2. The molecule has 0 radical (unpaired) electrons. The van der Waals surface area contributed by atoms with Crippen molar-refractivity contribution in [3.63, 3.8) is 0 Å². The summed E-state index contributed by atoms with van der Waals surface area (Å²) in [4.78, 5) is 0. The fourth-order valence-corrected chi connectivity index (χ4v) is 6.94. The number of halogens is 1. The normalized spacial score (nSPS) is 31.7. The quantitative estimate of drug-likeness (QED) is 0.409. The largest absolute Gasteiger partial charge is 0.206 e. The molecule has 0 aromatic heterocycles. The molecule has 0 aliphatic heterocycles. The molecule has 0 nitrogen and oxygen atoms in total. The van der Waals surface area contributed by atoms with E-state index >= 15 is 0 Å². The lowest BCUT2D eigenvalue weighted by atomic mass is 9.60. The van der Waals surface area contributed by atoms with Gasteiger partial charge in [-0.25, -0.2) is 4.39 Å². The molecule has 2 saturated carbocycles. The molecule has 3 aliphatic carbocycles. The van der Waals surface area contributed by atoms with Gasteiger partial charge in [0, 0.05) is 0 Å². The topological polar surface area (TPSA) is 0 Å². The highest BCUT2D eigenvalue weighted by atomic mass is 19.1. The summed E-state index contributed by atoms with van der Waals surface area (Å²) >= 11 is 0. The van der Waals surface area contributed by atoms with E-state index in [4.69, 9.17) is 0 Å². The van der Waals surface area contributed by atoms with Gasteiger partial charge in [0.2, 0.25) is 0 Å². The van der Waals surface area contributed by atoms with Crippen LogP contribution < -0.4 is 0 Å². The third-order valence-electron chi connectivity index (χ3n) is 8.68. The number of rotatable bonds is 7. The van der Waals surface area contributed by atoms with Crippen molar-refractivity contribution >= 4 is 0 Å². The van der Waals surface area contributed by atoms with Crippen LogP contribution >= 0.6 is 0 Å². The summed E-state index contributed by atoms with van der Waals surface area (Å²) in [6.45, 7) is 6.10. The van der Waals surface area contributed by atoms with Crippen molar-refractivity contribution in [3.8, 4) is 0 Å². The molecule has 0 heterocycles. The first-order chi connectivity index (χ1) is 14.2. The number of aryl methyl sites for hydroxylation is 1. The molecule has 1 aromatic carbocycles. The SMILES string of the molecule is C=CCCc1ccc2c(c1F)CCC(C1CCC3CC(CCCC)CCC3C1)C2. The van der Waals surface area contributed by atoms with Gasteiger partial charge in [-0.2, -0.15) is 0 Å². The first-order valence-electron chi connectivity index (χ1n) is 12.6. The van der Waals surface area contributed by atoms with E-state index in [9.17, 15) is 4.39 Å². The first kappa shape index (κ1) is 21.1. The zero-order valence-corrected chi connectivity index (χ0v) is 18.6. The molecule has 0 saturated heterocycles. The Hall–Kier alpha value is -1.11. The Balaban J connectivity index is 1.35. The van der Waals surface area contributed by atoms with E-state index < -0.39 is 0 Å². The Morgan fingerprint density at radius 2 is 1.76 bits per heavy atom. The molecule has 1 heteroatoms. The molecule has 29 heavy (non-hydrogen) atoms. The van der Waals surface area contributed by atoms with Crippen LogP contribution in [0.15, 0.2) is 24.8 Å². The summed E-state index contributed by atoms with van der Waals surface area (Å²) < 4.78 is 15.0. The third kappa shape index (κ3) is 4.80. The molecular formula is C28H41F. The zero-order valence-electron chi connectivity index (χ0n) is 18.6. The van der Waals surface area contributed by atoms with Crippen LogP contribution in [0.3, 0.4) is 0 Å². The van der Waals surface area contributed by atoms with Crippen LogP contribution in [0.4, 0.5) is 4.39 Å². The summed E-state index contributed by atoms with van der Waals surface area (Å²) in [6.07, 6.45) is 19.9. The monoisotopic (exact) mass is 396 g/mol. The van der Waals surface area contributed by atoms with E-state index in [1.54, 1.807) is 0 Å². The third-order valence-corrected chi connectivity index (χ3v) is 8.68. The Labute approximate surface area is 178 Å². The Kier molecular flexibility index (Phi) is 7.14. The van der Waals surface area contributed by atoms with Crippen molar-refractivity contribution < 1.29 is 4.39 Å². The molecule has 0 N–H and O–H groups in total. The van der Waals surface area contributed by atoms with Crippen LogP contribution in [0, 0.1) is 35.4 Å². The number of allylic oxidation sites excluding steroid dienone is 1. The summed E-state index contributed by atoms with van der Waals surface area (Å²) in [5.74, 6) is 4.80. The average molecular weight is 397 g/mol. The Morgan fingerprint density at radius 3 is 2.55 bits per heavy atom. The molecule has 0 amide bonds. The predicted molar refractivity (Wildman–Crippen MR) is 122 cm³/mol. The van der Waals surface area contributed by atoms with Gasteiger partial charge in [0.15, 0.2) is 0 Å². The van der Waals surface area contributed by atoms with Gasteiger partial charge < -0.3 is 0 Å². The minimum Gasteiger partial charge on any atom is -0.206 e. The molecule has 0 bridgehead atoms. The fourth-order valence-electron chi connectivity index (χ4n) is 6.94. The smallest absolute Gasteiger partial charge is 0.129 e. The van der Waals surface area contributed by atoms with Gasteiger partial charge in [-0.3, -0.25) is 0 Å². The van der Waals surface area contributed by atoms with Gasteiger partial charge in [0.25, 0.3) is 0 Å². The maximum atomic E-state index is 15.0. The van der Waals surface area contributed by atoms with Gasteiger partial charge >= 0.3 is 0 Å². The second-order valence-electron chi connectivity index (χ2n) is 10.4. The van der Waals surface area contributed by atoms with E-state index in [0.717, 1.165) is 66.4 Å². The van der Waals surface area contributed by atoms with Crippen LogP contribution in [-0.2, 0) is 19.3 Å². The maximum Gasteiger partial charge on any atom is 0.129 e.